The maximum Gasteiger partial charge on any atom is 0.272 e. The van der Waals surface area contributed by atoms with Gasteiger partial charge < -0.3 is 5.73 Å². The zero-order valence-corrected chi connectivity index (χ0v) is 13.8. The summed E-state index contributed by atoms with van der Waals surface area (Å²) in [6.07, 6.45) is 0. The van der Waals surface area contributed by atoms with Crippen LogP contribution >= 0.6 is 11.6 Å². The summed E-state index contributed by atoms with van der Waals surface area (Å²) in [7, 11) is 0. The number of nitrogens with one attached hydrogen (secondary N) is 1. The van der Waals surface area contributed by atoms with E-state index in [-0.39, 0.29) is 18.5 Å². The first-order valence-corrected chi connectivity index (χ1v) is 7.85. The lowest BCUT2D eigenvalue weighted by atomic mass is 10.0. The number of halogens is 1. The summed E-state index contributed by atoms with van der Waals surface area (Å²) in [5.74, 6) is -0.885. The van der Waals surface area contributed by atoms with Crippen LogP contribution in [0.1, 0.15) is 28.9 Å². The molecule has 0 aliphatic carbocycles. The van der Waals surface area contributed by atoms with Gasteiger partial charge >= 0.3 is 0 Å². The molecule has 0 fully saturated rings. The van der Waals surface area contributed by atoms with Crippen molar-refractivity contribution in [3.8, 4) is 0 Å². The number of fused-ring (bicyclic) bond motifs is 1. The highest BCUT2D eigenvalue weighted by Crippen LogP contribution is 2.32. The minimum Gasteiger partial charge on any atom is -0.368 e. The molecule has 2 aromatic rings. The van der Waals surface area contributed by atoms with Gasteiger partial charge in [-0.1, -0.05) is 35.9 Å². The highest BCUT2D eigenvalue weighted by molar-refractivity contribution is 6.30. The van der Waals surface area contributed by atoms with Gasteiger partial charge in [0.05, 0.1) is 17.3 Å². The maximum atomic E-state index is 12.5. The molecule has 124 valence electrons. The Labute approximate surface area is 144 Å². The second-order valence-corrected chi connectivity index (χ2v) is 6.01. The number of nitrogens with two attached hydrogens (primary N) is 1. The predicted molar refractivity (Wildman–Crippen MR) is 92.2 cm³/mol. The number of rotatable bonds is 4. The van der Waals surface area contributed by atoms with Gasteiger partial charge in [0.15, 0.2) is 0 Å². The third-order valence-corrected chi connectivity index (χ3v) is 4.14. The lowest BCUT2D eigenvalue weighted by molar-refractivity contribution is -0.119. The lowest BCUT2D eigenvalue weighted by Gasteiger charge is -2.41. The highest BCUT2D eigenvalue weighted by atomic mass is 35.5. The van der Waals surface area contributed by atoms with E-state index in [2.05, 4.69) is 5.53 Å². The van der Waals surface area contributed by atoms with E-state index in [9.17, 15) is 9.59 Å². The molecule has 2 amide bonds. The van der Waals surface area contributed by atoms with Crippen molar-refractivity contribution in [1.82, 2.24) is 10.5 Å². The van der Waals surface area contributed by atoms with Crippen molar-refractivity contribution < 1.29 is 9.59 Å². The molecule has 3 N–H and O–H groups in total. The molecule has 1 aliphatic heterocycles. The van der Waals surface area contributed by atoms with Gasteiger partial charge in [-0.2, -0.15) is 0 Å². The molecule has 1 aliphatic rings. The molecular formula is C17H17ClN4O2. The Hall–Kier alpha value is -2.57. The molecule has 7 heteroatoms. The third kappa shape index (κ3) is 3.06. The van der Waals surface area contributed by atoms with Crippen LogP contribution in [0.25, 0.3) is 0 Å². The van der Waals surface area contributed by atoms with Gasteiger partial charge in [-0.3, -0.25) is 14.6 Å². The van der Waals surface area contributed by atoms with Crippen LogP contribution in [0.3, 0.4) is 0 Å². The number of anilines is 1. The lowest BCUT2D eigenvalue weighted by Crippen LogP contribution is -2.59. The molecule has 1 heterocycles. The van der Waals surface area contributed by atoms with Crippen LogP contribution in [0.2, 0.25) is 5.02 Å². The summed E-state index contributed by atoms with van der Waals surface area (Å²) in [6, 6.07) is 14.6. The average Bonchev–Trinajstić information content (AvgIpc) is 2.56. The molecule has 6 nitrogen and oxygen atoms in total. The number of amides is 2. The SMILES string of the molecule is CC(c1cccc(Cl)c1)N1NN(CC(N)=O)C(=O)c2ccccc21. The van der Waals surface area contributed by atoms with E-state index < -0.39 is 5.91 Å². The fourth-order valence-corrected chi connectivity index (χ4v) is 2.91. The minimum absolute atomic E-state index is 0.131. The van der Waals surface area contributed by atoms with E-state index in [4.69, 9.17) is 17.3 Å². The van der Waals surface area contributed by atoms with Crippen LogP contribution in [-0.2, 0) is 4.79 Å². The number of benzene rings is 2. The molecule has 24 heavy (non-hydrogen) atoms. The van der Waals surface area contributed by atoms with Crippen LogP contribution in [0.15, 0.2) is 48.5 Å². The van der Waals surface area contributed by atoms with Crippen molar-refractivity contribution in [3.63, 3.8) is 0 Å². The highest BCUT2D eigenvalue weighted by Gasteiger charge is 2.32. The number of hydrogen-bond donors (Lipinski definition) is 2. The number of carbonyl (C=O) groups is 2. The van der Waals surface area contributed by atoms with E-state index >= 15 is 0 Å². The summed E-state index contributed by atoms with van der Waals surface area (Å²) in [4.78, 5) is 23.8. The number of nitrogens with zero attached hydrogens (tertiary/aromatic N) is 2. The standard InChI is InChI=1S/C17H17ClN4O2/c1-11(12-5-4-6-13(18)9-12)22-15-8-3-2-7-14(15)17(24)21(20-22)10-16(19)23/h2-9,11,20H,10H2,1H3,(H2,19,23). The summed E-state index contributed by atoms with van der Waals surface area (Å²) in [6.45, 7) is 1.76. The summed E-state index contributed by atoms with van der Waals surface area (Å²) in [5.41, 5.74) is 10.4. The first kappa shape index (κ1) is 16.3. The van der Waals surface area contributed by atoms with Gasteiger partial charge in [-0.25, -0.2) is 5.01 Å². The Kier molecular flexibility index (Phi) is 4.42. The number of hydrogen-bond acceptors (Lipinski definition) is 4. The topological polar surface area (TPSA) is 78.7 Å². The summed E-state index contributed by atoms with van der Waals surface area (Å²) in [5, 5.41) is 3.67. The second-order valence-electron chi connectivity index (χ2n) is 5.58. The quantitative estimate of drug-likeness (QED) is 0.891. The second kappa shape index (κ2) is 6.51. The average molecular weight is 345 g/mol. The first-order valence-electron chi connectivity index (χ1n) is 7.47. The zero-order valence-electron chi connectivity index (χ0n) is 13.1. The molecule has 0 saturated carbocycles. The Morgan fingerprint density at radius 3 is 2.71 bits per heavy atom. The molecule has 2 aromatic carbocycles. The van der Waals surface area contributed by atoms with Gasteiger partial charge in [0.1, 0.15) is 6.54 Å². The van der Waals surface area contributed by atoms with Crippen molar-refractivity contribution in [1.29, 1.82) is 0 Å². The van der Waals surface area contributed by atoms with Crippen LogP contribution in [-0.4, -0.2) is 23.4 Å². The van der Waals surface area contributed by atoms with Crippen LogP contribution in [0.5, 0.6) is 0 Å². The molecule has 3 rings (SSSR count). The fourth-order valence-electron chi connectivity index (χ4n) is 2.71. The maximum absolute atomic E-state index is 12.5. The fraction of sp³-hybridized carbons (Fsp3) is 0.176. The predicted octanol–water partition coefficient (Wildman–Crippen LogP) is 2.27. The summed E-state index contributed by atoms with van der Waals surface area (Å²) >= 11 is 6.08. The van der Waals surface area contributed by atoms with Crippen molar-refractivity contribution in [2.45, 2.75) is 13.0 Å². The Bertz CT molecular complexity index is 796. The van der Waals surface area contributed by atoms with Gasteiger partial charge in [0, 0.05) is 5.02 Å². The van der Waals surface area contributed by atoms with E-state index in [0.29, 0.717) is 10.6 Å². The van der Waals surface area contributed by atoms with E-state index in [1.54, 1.807) is 18.2 Å². The molecule has 1 atom stereocenters. The normalized spacial score (nSPS) is 15.2. The summed E-state index contributed by atoms with van der Waals surface area (Å²) < 4.78 is 0. The van der Waals surface area contributed by atoms with E-state index in [1.165, 1.54) is 5.01 Å². The molecule has 1 unspecified atom stereocenters. The molecule has 0 aromatic heterocycles. The van der Waals surface area contributed by atoms with Gasteiger partial charge in [0.25, 0.3) is 5.91 Å². The number of carbonyl (C=O) groups excluding carboxylic acids is 2. The number of primary amides is 1. The number of hydrazine groups is 2. The Morgan fingerprint density at radius 2 is 2.00 bits per heavy atom. The minimum atomic E-state index is -0.592. The Morgan fingerprint density at radius 1 is 1.25 bits per heavy atom. The third-order valence-electron chi connectivity index (χ3n) is 3.90. The molecule has 0 radical (unpaired) electrons. The largest absolute Gasteiger partial charge is 0.368 e. The zero-order chi connectivity index (χ0) is 17.3. The van der Waals surface area contributed by atoms with E-state index in [0.717, 1.165) is 11.3 Å². The van der Waals surface area contributed by atoms with Crippen molar-refractivity contribution in [2.24, 2.45) is 5.73 Å². The van der Waals surface area contributed by atoms with Gasteiger partial charge in [-0.15, -0.1) is 5.53 Å². The van der Waals surface area contributed by atoms with Crippen molar-refractivity contribution in [2.75, 3.05) is 11.6 Å². The smallest absolute Gasteiger partial charge is 0.272 e. The van der Waals surface area contributed by atoms with Crippen molar-refractivity contribution in [3.05, 3.63) is 64.7 Å². The Balaban J connectivity index is 2.01. The van der Waals surface area contributed by atoms with Crippen LogP contribution < -0.4 is 16.3 Å². The molecular weight excluding hydrogens is 328 g/mol. The first-order chi connectivity index (χ1) is 11.5. The number of para-hydroxylation sites is 1. The van der Waals surface area contributed by atoms with Crippen LogP contribution in [0, 0.1) is 0 Å². The molecule has 0 spiro atoms. The van der Waals surface area contributed by atoms with Crippen LogP contribution in [0.4, 0.5) is 5.69 Å². The van der Waals surface area contributed by atoms with E-state index in [1.807, 2.05) is 42.3 Å². The van der Waals surface area contributed by atoms with Gasteiger partial charge in [-0.05, 0) is 36.8 Å². The monoisotopic (exact) mass is 344 g/mol. The molecule has 0 bridgehead atoms. The van der Waals surface area contributed by atoms with Crippen molar-refractivity contribution >= 4 is 29.1 Å². The van der Waals surface area contributed by atoms with Gasteiger partial charge in [0.2, 0.25) is 5.91 Å². The molecule has 0 saturated heterocycles.